The summed E-state index contributed by atoms with van der Waals surface area (Å²) >= 11 is 0. The summed E-state index contributed by atoms with van der Waals surface area (Å²) in [7, 11) is 0. The van der Waals surface area contributed by atoms with E-state index in [1.165, 1.54) is 6.20 Å². The molecule has 0 saturated heterocycles. The molecule has 3 heterocycles. The zero-order valence-corrected chi connectivity index (χ0v) is 19.8. The van der Waals surface area contributed by atoms with Crippen molar-refractivity contribution in [1.82, 2.24) is 25.1 Å². The number of hydrogen-bond acceptors (Lipinski definition) is 5. The number of carbonyl (C=O) groups excluding carboxylic acids is 2. The van der Waals surface area contributed by atoms with Crippen LogP contribution in [0.5, 0.6) is 0 Å². The second-order valence-electron chi connectivity index (χ2n) is 9.26. The van der Waals surface area contributed by atoms with Crippen molar-refractivity contribution < 1.29 is 9.59 Å². The van der Waals surface area contributed by atoms with E-state index in [9.17, 15) is 14.4 Å². The van der Waals surface area contributed by atoms with E-state index < -0.39 is 0 Å². The van der Waals surface area contributed by atoms with Gasteiger partial charge >= 0.3 is 0 Å². The molecular formula is C27H27N5O3. The number of aromatic nitrogens is 4. The number of H-pyrrole nitrogens is 2. The van der Waals surface area contributed by atoms with Crippen LogP contribution in [0.4, 0.5) is 0 Å². The first-order valence-corrected chi connectivity index (χ1v) is 11.8. The van der Waals surface area contributed by atoms with Crippen molar-refractivity contribution in [3.05, 3.63) is 81.0 Å². The van der Waals surface area contributed by atoms with Crippen LogP contribution in [0.1, 0.15) is 63.2 Å². The summed E-state index contributed by atoms with van der Waals surface area (Å²) in [5.74, 6) is -0.131. The van der Waals surface area contributed by atoms with Crippen LogP contribution in [0.25, 0.3) is 22.2 Å². The number of fused-ring (bicyclic) bond motifs is 1. The molecule has 3 aromatic heterocycles. The van der Waals surface area contributed by atoms with Gasteiger partial charge in [0.05, 0.1) is 29.5 Å². The summed E-state index contributed by atoms with van der Waals surface area (Å²) in [4.78, 5) is 47.1. The first kappa shape index (κ1) is 22.7. The molecular weight excluding hydrogens is 442 g/mol. The summed E-state index contributed by atoms with van der Waals surface area (Å²) in [6.07, 6.45) is 7.87. The zero-order chi connectivity index (χ0) is 24.5. The molecule has 0 atom stereocenters. The highest BCUT2D eigenvalue weighted by atomic mass is 16.2. The molecule has 8 nitrogen and oxygen atoms in total. The first-order valence-electron chi connectivity index (χ1n) is 11.8. The molecule has 1 aliphatic rings. The third-order valence-corrected chi connectivity index (χ3v) is 6.86. The van der Waals surface area contributed by atoms with Gasteiger partial charge in [-0.25, -0.2) is 0 Å². The number of nitrogens with zero attached hydrogens (tertiary/aromatic N) is 3. The molecule has 1 aliphatic carbocycles. The molecule has 0 bridgehead atoms. The normalized spacial score (nSPS) is 13.9. The molecule has 1 amide bonds. The summed E-state index contributed by atoms with van der Waals surface area (Å²) in [6, 6.07) is 9.20. The van der Waals surface area contributed by atoms with Gasteiger partial charge in [0.25, 0.3) is 11.5 Å². The topological polar surface area (TPSA) is 112 Å². The van der Waals surface area contributed by atoms with Crippen molar-refractivity contribution in [3.63, 3.8) is 0 Å². The molecule has 0 radical (unpaired) electrons. The fourth-order valence-electron chi connectivity index (χ4n) is 5.01. The van der Waals surface area contributed by atoms with Crippen molar-refractivity contribution in [2.75, 3.05) is 0 Å². The van der Waals surface area contributed by atoms with Crippen molar-refractivity contribution in [2.45, 2.75) is 52.1 Å². The van der Waals surface area contributed by atoms with Crippen LogP contribution in [-0.2, 0) is 6.54 Å². The summed E-state index contributed by atoms with van der Waals surface area (Å²) in [5.41, 5.74) is 5.26. The van der Waals surface area contributed by atoms with Crippen molar-refractivity contribution in [1.29, 1.82) is 0 Å². The molecule has 1 aromatic carbocycles. The second-order valence-corrected chi connectivity index (χ2v) is 9.26. The maximum Gasteiger partial charge on any atom is 0.255 e. The number of aromatic amines is 2. The Morgan fingerprint density at radius 2 is 1.94 bits per heavy atom. The van der Waals surface area contributed by atoms with Crippen molar-refractivity contribution in [3.8, 4) is 11.3 Å². The molecule has 35 heavy (non-hydrogen) atoms. The SMILES string of the molecule is Cc1cc(C)c(CN(C(=O)c2cc(-c3ccc(C=O)cn3)cc3[nH]ncc23)C2CCCC2)c(=O)[nH]1. The van der Waals surface area contributed by atoms with Gasteiger partial charge in [-0.15, -0.1) is 0 Å². The van der Waals surface area contributed by atoms with Crippen molar-refractivity contribution >= 4 is 23.1 Å². The Morgan fingerprint density at radius 1 is 1.14 bits per heavy atom. The predicted molar refractivity (Wildman–Crippen MR) is 133 cm³/mol. The van der Waals surface area contributed by atoms with E-state index in [1.807, 2.05) is 36.9 Å². The Bertz CT molecular complexity index is 1460. The van der Waals surface area contributed by atoms with Gasteiger partial charge in [0.1, 0.15) is 0 Å². The van der Waals surface area contributed by atoms with E-state index in [4.69, 9.17) is 0 Å². The molecule has 0 unspecified atom stereocenters. The molecule has 1 saturated carbocycles. The van der Waals surface area contributed by atoms with Gasteiger partial charge in [-0.05, 0) is 62.6 Å². The van der Waals surface area contributed by atoms with Crippen molar-refractivity contribution in [2.24, 2.45) is 0 Å². The van der Waals surface area contributed by atoms with Gasteiger partial charge < -0.3 is 9.88 Å². The van der Waals surface area contributed by atoms with Gasteiger partial charge in [-0.1, -0.05) is 12.8 Å². The van der Waals surface area contributed by atoms with Gasteiger partial charge in [0.15, 0.2) is 6.29 Å². The minimum absolute atomic E-state index is 0.0678. The fraction of sp³-hybridized carbons (Fsp3) is 0.296. The third kappa shape index (κ3) is 4.39. The highest BCUT2D eigenvalue weighted by Gasteiger charge is 2.30. The van der Waals surface area contributed by atoms with Crippen LogP contribution in [0.2, 0.25) is 0 Å². The van der Waals surface area contributed by atoms with E-state index in [-0.39, 0.29) is 24.1 Å². The van der Waals surface area contributed by atoms with Crippen LogP contribution in [0.3, 0.4) is 0 Å². The quantitative estimate of drug-likeness (QED) is 0.408. The lowest BCUT2D eigenvalue weighted by Crippen LogP contribution is -2.40. The van der Waals surface area contributed by atoms with Gasteiger partial charge in [-0.3, -0.25) is 24.5 Å². The molecule has 1 fully saturated rings. The standard InChI is InChI=1S/C27H27N5O3/c1-16-9-17(2)30-26(34)23(16)14-32(20-5-3-4-6-20)27(35)21-10-19(11-25-22(21)13-29-31-25)24-8-7-18(15-33)12-28-24/h7-13,15,20H,3-6,14H2,1-2H3,(H,29,31)(H,30,34). The highest BCUT2D eigenvalue weighted by molar-refractivity contribution is 6.07. The maximum absolute atomic E-state index is 14.1. The second kappa shape index (κ2) is 9.29. The van der Waals surface area contributed by atoms with E-state index in [0.29, 0.717) is 22.4 Å². The predicted octanol–water partition coefficient (Wildman–Crippen LogP) is 4.33. The van der Waals surface area contributed by atoms with Gasteiger partial charge in [0.2, 0.25) is 0 Å². The van der Waals surface area contributed by atoms with Crippen LogP contribution in [0.15, 0.2) is 47.5 Å². The van der Waals surface area contributed by atoms with E-state index in [1.54, 1.807) is 18.3 Å². The smallest absolute Gasteiger partial charge is 0.255 e. The largest absolute Gasteiger partial charge is 0.331 e. The molecule has 4 aromatic rings. The van der Waals surface area contributed by atoms with E-state index in [2.05, 4.69) is 20.2 Å². The number of rotatable bonds is 6. The fourth-order valence-corrected chi connectivity index (χ4v) is 5.01. The van der Waals surface area contributed by atoms with Crippen LogP contribution in [-0.4, -0.2) is 43.3 Å². The lowest BCUT2D eigenvalue weighted by atomic mass is 10.0. The van der Waals surface area contributed by atoms with E-state index >= 15 is 0 Å². The molecule has 8 heteroatoms. The Kier molecular flexibility index (Phi) is 6.03. The Balaban J connectivity index is 1.59. The Labute approximate surface area is 202 Å². The number of amides is 1. The number of nitrogens with one attached hydrogen (secondary N) is 2. The van der Waals surface area contributed by atoms with Crippen LogP contribution < -0.4 is 5.56 Å². The lowest BCUT2D eigenvalue weighted by molar-refractivity contribution is 0.0665. The summed E-state index contributed by atoms with van der Waals surface area (Å²) in [6.45, 7) is 4.02. The van der Waals surface area contributed by atoms with Gasteiger partial charge in [-0.2, -0.15) is 5.10 Å². The molecule has 2 N–H and O–H groups in total. The average Bonchev–Trinajstić information content (AvgIpc) is 3.55. The molecule has 178 valence electrons. The molecule has 0 spiro atoms. The first-order chi connectivity index (χ1) is 16.9. The minimum atomic E-state index is -0.153. The number of hydrogen-bond donors (Lipinski definition) is 2. The number of benzene rings is 1. The van der Waals surface area contributed by atoms with Gasteiger partial charge in [0, 0.05) is 40.0 Å². The number of pyridine rings is 2. The van der Waals surface area contributed by atoms with E-state index in [0.717, 1.165) is 59.7 Å². The summed E-state index contributed by atoms with van der Waals surface area (Å²) in [5, 5.41) is 7.86. The maximum atomic E-state index is 14.1. The summed E-state index contributed by atoms with van der Waals surface area (Å²) < 4.78 is 0. The Morgan fingerprint density at radius 3 is 2.63 bits per heavy atom. The Hall–Kier alpha value is -4.07. The molecule has 5 rings (SSSR count). The lowest BCUT2D eigenvalue weighted by Gasteiger charge is -2.30. The minimum Gasteiger partial charge on any atom is -0.331 e. The zero-order valence-electron chi connectivity index (χ0n) is 19.8. The molecule has 0 aliphatic heterocycles. The monoisotopic (exact) mass is 469 g/mol. The number of aldehydes is 1. The number of carbonyl (C=O) groups is 2. The third-order valence-electron chi connectivity index (χ3n) is 6.86. The highest BCUT2D eigenvalue weighted by Crippen LogP contribution is 2.31. The van der Waals surface area contributed by atoms with Crippen LogP contribution in [0, 0.1) is 13.8 Å². The average molecular weight is 470 g/mol. The number of aryl methyl sites for hydroxylation is 2. The van der Waals surface area contributed by atoms with Crippen LogP contribution >= 0.6 is 0 Å².